The molecule has 0 saturated carbocycles. The van der Waals surface area contributed by atoms with E-state index in [1.54, 1.807) is 0 Å². The summed E-state index contributed by atoms with van der Waals surface area (Å²) >= 11 is 0. The summed E-state index contributed by atoms with van der Waals surface area (Å²) in [6.07, 6.45) is 4.83. The van der Waals surface area contributed by atoms with Gasteiger partial charge in [-0.05, 0) is 43.7 Å². The van der Waals surface area contributed by atoms with Crippen LogP contribution in [-0.4, -0.2) is 25.8 Å². The summed E-state index contributed by atoms with van der Waals surface area (Å²) in [6.45, 7) is 5.32. The smallest absolute Gasteiger partial charge is 0.0495 e. The fourth-order valence-corrected chi connectivity index (χ4v) is 2.56. The summed E-state index contributed by atoms with van der Waals surface area (Å²) in [4.78, 5) is 0. The molecular weight excluding hydrogens is 222 g/mol. The minimum Gasteiger partial charge on any atom is -0.381 e. The van der Waals surface area contributed by atoms with Crippen LogP contribution in [0.2, 0.25) is 0 Å². The van der Waals surface area contributed by atoms with Gasteiger partial charge < -0.3 is 10.1 Å². The van der Waals surface area contributed by atoms with Gasteiger partial charge in [-0.2, -0.15) is 0 Å². The number of benzene rings is 1. The van der Waals surface area contributed by atoms with Gasteiger partial charge in [-0.1, -0.05) is 37.3 Å². The van der Waals surface area contributed by atoms with Crippen LogP contribution >= 0.6 is 0 Å². The Balaban J connectivity index is 1.68. The van der Waals surface area contributed by atoms with Gasteiger partial charge in [0.1, 0.15) is 0 Å². The lowest BCUT2D eigenvalue weighted by Crippen LogP contribution is -2.32. The SMILES string of the molecule is CCC(Cc1ccccc1)NCCC1CCOC1. The fraction of sp³-hybridized carbons (Fsp3) is 0.625. The Labute approximate surface area is 111 Å². The molecule has 1 saturated heterocycles. The summed E-state index contributed by atoms with van der Waals surface area (Å²) in [7, 11) is 0. The van der Waals surface area contributed by atoms with Crippen LogP contribution < -0.4 is 5.32 Å². The first-order valence-corrected chi connectivity index (χ1v) is 7.23. The molecule has 0 bridgehead atoms. The maximum Gasteiger partial charge on any atom is 0.0495 e. The van der Waals surface area contributed by atoms with E-state index >= 15 is 0 Å². The van der Waals surface area contributed by atoms with Crippen molar-refractivity contribution in [2.24, 2.45) is 5.92 Å². The first kappa shape index (κ1) is 13.6. The summed E-state index contributed by atoms with van der Waals surface area (Å²) in [5, 5.41) is 3.69. The van der Waals surface area contributed by atoms with Crippen LogP contribution in [0.25, 0.3) is 0 Å². The lowest BCUT2D eigenvalue weighted by molar-refractivity contribution is 0.184. The molecule has 2 unspecified atom stereocenters. The Morgan fingerprint density at radius 3 is 2.83 bits per heavy atom. The molecule has 100 valence electrons. The maximum absolute atomic E-state index is 5.41. The van der Waals surface area contributed by atoms with E-state index in [2.05, 4.69) is 42.6 Å². The van der Waals surface area contributed by atoms with Crippen LogP contribution in [0, 0.1) is 5.92 Å². The summed E-state index contributed by atoms with van der Waals surface area (Å²) in [5.74, 6) is 0.784. The second-order valence-electron chi connectivity index (χ2n) is 5.27. The van der Waals surface area contributed by atoms with E-state index < -0.39 is 0 Å². The minimum atomic E-state index is 0.606. The number of rotatable bonds is 7. The molecular formula is C16H25NO. The van der Waals surface area contributed by atoms with Gasteiger partial charge in [0.05, 0.1) is 0 Å². The van der Waals surface area contributed by atoms with Gasteiger partial charge in [-0.25, -0.2) is 0 Å². The Morgan fingerprint density at radius 2 is 2.17 bits per heavy atom. The monoisotopic (exact) mass is 247 g/mol. The Morgan fingerprint density at radius 1 is 1.33 bits per heavy atom. The molecule has 2 nitrogen and oxygen atoms in total. The highest BCUT2D eigenvalue weighted by Gasteiger charge is 2.15. The molecule has 2 heteroatoms. The van der Waals surface area contributed by atoms with Gasteiger partial charge in [-0.3, -0.25) is 0 Å². The van der Waals surface area contributed by atoms with E-state index in [0.717, 1.165) is 32.1 Å². The summed E-state index contributed by atoms with van der Waals surface area (Å²) in [6, 6.07) is 11.4. The molecule has 1 heterocycles. The maximum atomic E-state index is 5.41. The molecule has 1 N–H and O–H groups in total. The molecule has 1 aliphatic rings. The van der Waals surface area contributed by atoms with Crippen molar-refractivity contribution >= 4 is 0 Å². The number of hydrogen-bond acceptors (Lipinski definition) is 2. The molecule has 1 aliphatic heterocycles. The first-order chi connectivity index (χ1) is 8.88. The summed E-state index contributed by atoms with van der Waals surface area (Å²) in [5.41, 5.74) is 1.43. The van der Waals surface area contributed by atoms with Crippen molar-refractivity contribution in [3.8, 4) is 0 Å². The second kappa shape index (κ2) is 7.55. The topological polar surface area (TPSA) is 21.3 Å². The number of ether oxygens (including phenoxy) is 1. The Hall–Kier alpha value is -0.860. The molecule has 0 amide bonds. The van der Waals surface area contributed by atoms with Crippen molar-refractivity contribution < 1.29 is 4.74 Å². The Kier molecular flexibility index (Phi) is 5.69. The zero-order chi connectivity index (χ0) is 12.6. The van der Waals surface area contributed by atoms with Crippen LogP contribution in [0.1, 0.15) is 31.7 Å². The highest BCUT2D eigenvalue weighted by atomic mass is 16.5. The average Bonchev–Trinajstić information content (AvgIpc) is 2.92. The van der Waals surface area contributed by atoms with E-state index in [9.17, 15) is 0 Å². The lowest BCUT2D eigenvalue weighted by atomic mass is 10.0. The van der Waals surface area contributed by atoms with E-state index in [1.165, 1.54) is 24.8 Å². The van der Waals surface area contributed by atoms with Crippen molar-refractivity contribution in [3.63, 3.8) is 0 Å². The van der Waals surface area contributed by atoms with Gasteiger partial charge >= 0.3 is 0 Å². The molecule has 1 fully saturated rings. The number of hydrogen-bond donors (Lipinski definition) is 1. The lowest BCUT2D eigenvalue weighted by Gasteiger charge is -2.18. The molecule has 0 aliphatic carbocycles. The van der Waals surface area contributed by atoms with Gasteiger partial charge in [0, 0.05) is 19.3 Å². The number of nitrogens with one attached hydrogen (secondary N) is 1. The van der Waals surface area contributed by atoms with Crippen LogP contribution in [0.4, 0.5) is 0 Å². The van der Waals surface area contributed by atoms with E-state index in [-0.39, 0.29) is 0 Å². The van der Waals surface area contributed by atoms with Crippen molar-refractivity contribution in [1.82, 2.24) is 5.32 Å². The van der Waals surface area contributed by atoms with E-state index in [4.69, 9.17) is 4.74 Å². The molecule has 2 rings (SSSR count). The molecule has 18 heavy (non-hydrogen) atoms. The van der Waals surface area contributed by atoms with E-state index in [1.807, 2.05) is 0 Å². The minimum absolute atomic E-state index is 0.606. The largest absolute Gasteiger partial charge is 0.381 e. The van der Waals surface area contributed by atoms with Crippen LogP contribution in [0.15, 0.2) is 30.3 Å². The zero-order valence-corrected chi connectivity index (χ0v) is 11.4. The predicted octanol–water partition coefficient (Wildman–Crippen LogP) is 3.02. The van der Waals surface area contributed by atoms with Crippen LogP contribution in [0.3, 0.4) is 0 Å². The van der Waals surface area contributed by atoms with Gasteiger partial charge in [0.15, 0.2) is 0 Å². The van der Waals surface area contributed by atoms with E-state index in [0.29, 0.717) is 6.04 Å². The third-order valence-corrected chi connectivity index (χ3v) is 3.83. The quantitative estimate of drug-likeness (QED) is 0.799. The third kappa shape index (κ3) is 4.43. The molecule has 0 spiro atoms. The van der Waals surface area contributed by atoms with Gasteiger partial charge in [-0.15, -0.1) is 0 Å². The third-order valence-electron chi connectivity index (χ3n) is 3.83. The Bertz CT molecular complexity index is 319. The first-order valence-electron chi connectivity index (χ1n) is 7.23. The zero-order valence-electron chi connectivity index (χ0n) is 11.4. The van der Waals surface area contributed by atoms with Gasteiger partial charge in [0.25, 0.3) is 0 Å². The van der Waals surface area contributed by atoms with Crippen molar-refractivity contribution in [2.45, 2.75) is 38.6 Å². The fourth-order valence-electron chi connectivity index (χ4n) is 2.56. The highest BCUT2D eigenvalue weighted by molar-refractivity contribution is 5.15. The standard InChI is InChI=1S/C16H25NO/c1-2-16(12-14-6-4-3-5-7-14)17-10-8-15-9-11-18-13-15/h3-7,15-17H,2,8-13H2,1H3. The summed E-state index contributed by atoms with van der Waals surface area (Å²) < 4.78 is 5.41. The molecule has 1 aromatic rings. The van der Waals surface area contributed by atoms with Gasteiger partial charge in [0.2, 0.25) is 0 Å². The van der Waals surface area contributed by atoms with Crippen molar-refractivity contribution in [1.29, 1.82) is 0 Å². The molecule has 0 radical (unpaired) electrons. The molecule has 1 aromatic carbocycles. The highest BCUT2D eigenvalue weighted by Crippen LogP contribution is 2.15. The molecule has 0 aromatic heterocycles. The van der Waals surface area contributed by atoms with Crippen molar-refractivity contribution in [3.05, 3.63) is 35.9 Å². The van der Waals surface area contributed by atoms with Crippen LogP contribution in [0.5, 0.6) is 0 Å². The predicted molar refractivity (Wildman–Crippen MR) is 75.8 cm³/mol. The normalized spacial score (nSPS) is 21.1. The average molecular weight is 247 g/mol. The van der Waals surface area contributed by atoms with Crippen LogP contribution in [-0.2, 0) is 11.2 Å². The van der Waals surface area contributed by atoms with Crippen molar-refractivity contribution in [2.75, 3.05) is 19.8 Å². The second-order valence-corrected chi connectivity index (χ2v) is 5.27. The molecule has 2 atom stereocenters.